The molecule has 3 aromatic rings. The van der Waals surface area contributed by atoms with Crippen molar-refractivity contribution in [3.63, 3.8) is 0 Å². The number of fused-ring (bicyclic) bond motifs is 1. The minimum absolute atomic E-state index is 0.696. The summed E-state index contributed by atoms with van der Waals surface area (Å²) in [6, 6.07) is 15.0. The Morgan fingerprint density at radius 3 is 2.71 bits per heavy atom. The van der Waals surface area contributed by atoms with Gasteiger partial charge >= 0.3 is 0 Å². The first-order chi connectivity index (χ1) is 10.2. The van der Waals surface area contributed by atoms with Crippen molar-refractivity contribution in [2.45, 2.75) is 27.3 Å². The van der Waals surface area contributed by atoms with Crippen LogP contribution in [0, 0.1) is 13.8 Å². The molecule has 108 valence electrons. The van der Waals surface area contributed by atoms with Gasteiger partial charge in [-0.25, -0.2) is 0 Å². The predicted octanol–water partition coefficient (Wildman–Crippen LogP) is 4.71. The van der Waals surface area contributed by atoms with E-state index in [-0.39, 0.29) is 0 Å². The van der Waals surface area contributed by atoms with Crippen LogP contribution in [0.4, 0.5) is 0 Å². The number of hydrogen-bond acceptors (Lipinski definition) is 1. The number of nitrogens with zero attached hydrogens (tertiary/aromatic N) is 1. The zero-order valence-electron chi connectivity index (χ0n) is 12.9. The van der Waals surface area contributed by atoms with Crippen molar-refractivity contribution in [1.82, 2.24) is 4.57 Å². The number of aryl methyl sites for hydroxylation is 2. The van der Waals surface area contributed by atoms with Gasteiger partial charge in [-0.2, -0.15) is 0 Å². The predicted molar refractivity (Wildman–Crippen MR) is 88.1 cm³/mol. The molecule has 21 heavy (non-hydrogen) atoms. The summed E-state index contributed by atoms with van der Waals surface area (Å²) in [6.45, 7) is 7.93. The zero-order chi connectivity index (χ0) is 14.8. The highest BCUT2D eigenvalue weighted by atomic mass is 16.5. The van der Waals surface area contributed by atoms with Gasteiger partial charge < -0.3 is 9.30 Å². The molecule has 1 aromatic heterocycles. The molecule has 0 unspecified atom stereocenters. The normalized spacial score (nSPS) is 11.0. The molecule has 2 aromatic carbocycles. The number of aromatic nitrogens is 1. The second-order valence-corrected chi connectivity index (χ2v) is 5.50. The topological polar surface area (TPSA) is 14.2 Å². The lowest BCUT2D eigenvalue weighted by Gasteiger charge is -2.11. The molecule has 0 saturated heterocycles. The van der Waals surface area contributed by atoms with Crippen LogP contribution >= 0.6 is 0 Å². The van der Waals surface area contributed by atoms with Crippen molar-refractivity contribution in [2.24, 2.45) is 0 Å². The first-order valence-corrected chi connectivity index (χ1v) is 7.46. The first-order valence-electron chi connectivity index (χ1n) is 7.46. The Balaban J connectivity index is 2.01. The summed E-state index contributed by atoms with van der Waals surface area (Å²) in [5.74, 6) is 0.967. The van der Waals surface area contributed by atoms with Gasteiger partial charge in [0.15, 0.2) is 0 Å². The second-order valence-electron chi connectivity index (χ2n) is 5.50. The highest BCUT2D eigenvalue weighted by Gasteiger charge is 2.07. The van der Waals surface area contributed by atoms with E-state index < -0.39 is 0 Å². The van der Waals surface area contributed by atoms with Crippen LogP contribution in [0.5, 0.6) is 5.75 Å². The largest absolute Gasteiger partial charge is 0.493 e. The molecule has 0 fully saturated rings. The van der Waals surface area contributed by atoms with Gasteiger partial charge in [-0.1, -0.05) is 29.8 Å². The van der Waals surface area contributed by atoms with Crippen molar-refractivity contribution in [3.05, 3.63) is 65.4 Å². The van der Waals surface area contributed by atoms with E-state index in [2.05, 4.69) is 61.0 Å². The number of rotatable bonds is 4. The summed E-state index contributed by atoms with van der Waals surface area (Å²) >= 11 is 0. The van der Waals surface area contributed by atoms with Gasteiger partial charge in [-0.05, 0) is 50.1 Å². The second kappa shape index (κ2) is 5.65. The van der Waals surface area contributed by atoms with Gasteiger partial charge in [-0.15, -0.1) is 0 Å². The van der Waals surface area contributed by atoms with Crippen LogP contribution in [0.1, 0.15) is 23.6 Å². The maximum atomic E-state index is 5.71. The number of benzene rings is 2. The van der Waals surface area contributed by atoms with Crippen LogP contribution < -0.4 is 4.74 Å². The fourth-order valence-electron chi connectivity index (χ4n) is 2.77. The molecule has 1 heterocycles. The maximum Gasteiger partial charge on any atom is 0.128 e. The maximum absolute atomic E-state index is 5.71. The van der Waals surface area contributed by atoms with Crippen LogP contribution in [0.2, 0.25) is 0 Å². The standard InChI is InChI=1S/C19H21NO/c1-4-21-19-7-5-6-18-17(19)10-11-20(18)13-16-12-14(2)8-9-15(16)3/h5-12H,4,13H2,1-3H3. The van der Waals surface area contributed by atoms with Gasteiger partial charge in [0, 0.05) is 18.1 Å². The molecule has 3 rings (SSSR count). The molecule has 0 aliphatic heterocycles. The van der Waals surface area contributed by atoms with Crippen LogP contribution in [0.25, 0.3) is 10.9 Å². The van der Waals surface area contributed by atoms with E-state index in [1.165, 1.54) is 27.6 Å². The van der Waals surface area contributed by atoms with E-state index in [1.807, 2.05) is 13.0 Å². The van der Waals surface area contributed by atoms with Gasteiger partial charge in [-0.3, -0.25) is 0 Å². The smallest absolute Gasteiger partial charge is 0.128 e. The van der Waals surface area contributed by atoms with Gasteiger partial charge in [0.2, 0.25) is 0 Å². The Morgan fingerprint density at radius 1 is 1.05 bits per heavy atom. The van der Waals surface area contributed by atoms with E-state index in [1.54, 1.807) is 0 Å². The molecule has 0 aliphatic rings. The van der Waals surface area contributed by atoms with E-state index >= 15 is 0 Å². The molecule has 0 saturated carbocycles. The van der Waals surface area contributed by atoms with Crippen LogP contribution in [-0.4, -0.2) is 11.2 Å². The third-order valence-corrected chi connectivity index (χ3v) is 3.92. The van der Waals surface area contributed by atoms with E-state index in [0.717, 1.165) is 12.3 Å². The van der Waals surface area contributed by atoms with E-state index in [9.17, 15) is 0 Å². The Labute approximate surface area is 126 Å². The fraction of sp³-hybridized carbons (Fsp3) is 0.263. The van der Waals surface area contributed by atoms with Crippen LogP contribution in [-0.2, 0) is 6.54 Å². The lowest BCUT2D eigenvalue weighted by Crippen LogP contribution is -2.00. The Morgan fingerprint density at radius 2 is 1.90 bits per heavy atom. The fourth-order valence-corrected chi connectivity index (χ4v) is 2.77. The summed E-state index contributed by atoms with van der Waals surface area (Å²) < 4.78 is 8.00. The minimum atomic E-state index is 0.696. The lowest BCUT2D eigenvalue weighted by atomic mass is 10.1. The molecule has 0 N–H and O–H groups in total. The Bertz CT molecular complexity index is 770. The summed E-state index contributed by atoms with van der Waals surface area (Å²) in [5, 5.41) is 1.18. The molecule has 0 bridgehead atoms. The third kappa shape index (κ3) is 2.66. The van der Waals surface area contributed by atoms with Gasteiger partial charge in [0.1, 0.15) is 5.75 Å². The SMILES string of the molecule is CCOc1cccc2c1ccn2Cc1cc(C)ccc1C. The molecule has 0 spiro atoms. The molecular formula is C19H21NO. The molecule has 2 nitrogen and oxygen atoms in total. The number of hydrogen-bond donors (Lipinski definition) is 0. The van der Waals surface area contributed by atoms with Gasteiger partial charge in [0.05, 0.1) is 12.1 Å². The van der Waals surface area contributed by atoms with Crippen LogP contribution in [0.15, 0.2) is 48.7 Å². The summed E-state index contributed by atoms with van der Waals surface area (Å²) in [7, 11) is 0. The molecule has 0 radical (unpaired) electrons. The van der Waals surface area contributed by atoms with Gasteiger partial charge in [0.25, 0.3) is 0 Å². The van der Waals surface area contributed by atoms with E-state index in [0.29, 0.717) is 6.61 Å². The Kier molecular flexibility index (Phi) is 3.70. The highest BCUT2D eigenvalue weighted by Crippen LogP contribution is 2.27. The molecule has 0 amide bonds. The summed E-state index contributed by atoms with van der Waals surface area (Å²) in [6.07, 6.45) is 2.15. The van der Waals surface area contributed by atoms with Crippen molar-refractivity contribution >= 4 is 10.9 Å². The lowest BCUT2D eigenvalue weighted by molar-refractivity contribution is 0.344. The van der Waals surface area contributed by atoms with Crippen molar-refractivity contribution in [2.75, 3.05) is 6.61 Å². The average molecular weight is 279 g/mol. The number of ether oxygens (including phenoxy) is 1. The summed E-state index contributed by atoms with van der Waals surface area (Å²) in [5.41, 5.74) is 5.24. The third-order valence-electron chi connectivity index (χ3n) is 3.92. The monoisotopic (exact) mass is 279 g/mol. The first kappa shape index (κ1) is 13.7. The van der Waals surface area contributed by atoms with E-state index in [4.69, 9.17) is 4.74 Å². The summed E-state index contributed by atoms with van der Waals surface area (Å²) in [4.78, 5) is 0. The van der Waals surface area contributed by atoms with Crippen LogP contribution in [0.3, 0.4) is 0 Å². The minimum Gasteiger partial charge on any atom is -0.493 e. The van der Waals surface area contributed by atoms with Crippen molar-refractivity contribution < 1.29 is 4.74 Å². The van der Waals surface area contributed by atoms with Crippen molar-refractivity contribution in [1.29, 1.82) is 0 Å². The molecule has 0 aliphatic carbocycles. The average Bonchev–Trinajstić information content (AvgIpc) is 2.88. The van der Waals surface area contributed by atoms with Crippen molar-refractivity contribution in [3.8, 4) is 5.75 Å². The highest BCUT2D eigenvalue weighted by molar-refractivity contribution is 5.86. The Hall–Kier alpha value is -2.22. The quantitative estimate of drug-likeness (QED) is 0.675. The zero-order valence-corrected chi connectivity index (χ0v) is 12.9. The molecule has 0 atom stereocenters. The molecule has 2 heteroatoms. The molecular weight excluding hydrogens is 258 g/mol.